The third kappa shape index (κ3) is 2.16. The van der Waals surface area contributed by atoms with Crippen molar-refractivity contribution >= 4 is 17.3 Å². The molecule has 1 aliphatic rings. The molecule has 1 aliphatic heterocycles. The minimum Gasteiger partial charge on any atom is -0.379 e. The standard InChI is InChI=1S/C10H11ClFNO/c11-9-5-7(12)1-2-10(9)13-8-3-4-14-6-8/h1-2,5,8,13H,3-4,6H2. The van der Waals surface area contributed by atoms with Gasteiger partial charge in [0.15, 0.2) is 0 Å². The number of nitrogens with one attached hydrogen (secondary N) is 1. The molecule has 1 N–H and O–H groups in total. The van der Waals surface area contributed by atoms with Crippen molar-refractivity contribution in [3.05, 3.63) is 29.0 Å². The second kappa shape index (κ2) is 4.15. The molecule has 76 valence electrons. The van der Waals surface area contributed by atoms with E-state index >= 15 is 0 Å². The van der Waals surface area contributed by atoms with Gasteiger partial charge in [0, 0.05) is 6.61 Å². The fourth-order valence-corrected chi connectivity index (χ4v) is 1.70. The molecule has 1 heterocycles. The van der Waals surface area contributed by atoms with Gasteiger partial charge in [0.2, 0.25) is 0 Å². The summed E-state index contributed by atoms with van der Waals surface area (Å²) in [5, 5.41) is 3.63. The Labute approximate surface area is 87.0 Å². The third-order valence-electron chi connectivity index (χ3n) is 2.22. The van der Waals surface area contributed by atoms with Crippen molar-refractivity contribution in [3.63, 3.8) is 0 Å². The van der Waals surface area contributed by atoms with Crippen molar-refractivity contribution in [2.45, 2.75) is 12.5 Å². The Balaban J connectivity index is 2.08. The lowest BCUT2D eigenvalue weighted by atomic mass is 10.2. The Morgan fingerprint density at radius 2 is 2.36 bits per heavy atom. The average Bonchev–Trinajstić information content (AvgIpc) is 2.62. The average molecular weight is 216 g/mol. The van der Waals surface area contributed by atoms with Crippen molar-refractivity contribution in [1.82, 2.24) is 0 Å². The molecule has 4 heteroatoms. The zero-order valence-electron chi connectivity index (χ0n) is 7.59. The Morgan fingerprint density at radius 1 is 1.50 bits per heavy atom. The molecule has 0 spiro atoms. The SMILES string of the molecule is Fc1ccc(NC2CCOC2)c(Cl)c1. The van der Waals surface area contributed by atoms with E-state index in [1.54, 1.807) is 6.07 Å². The highest BCUT2D eigenvalue weighted by molar-refractivity contribution is 6.33. The van der Waals surface area contributed by atoms with Crippen molar-refractivity contribution in [1.29, 1.82) is 0 Å². The van der Waals surface area contributed by atoms with E-state index in [2.05, 4.69) is 5.32 Å². The maximum atomic E-state index is 12.7. The van der Waals surface area contributed by atoms with Gasteiger partial charge < -0.3 is 10.1 Å². The van der Waals surface area contributed by atoms with Crippen LogP contribution in [0, 0.1) is 5.82 Å². The van der Waals surface area contributed by atoms with Crippen molar-refractivity contribution in [3.8, 4) is 0 Å². The van der Waals surface area contributed by atoms with Crippen molar-refractivity contribution in [2.75, 3.05) is 18.5 Å². The van der Waals surface area contributed by atoms with Crippen LogP contribution >= 0.6 is 11.6 Å². The summed E-state index contributed by atoms with van der Waals surface area (Å²) in [7, 11) is 0. The third-order valence-corrected chi connectivity index (χ3v) is 2.53. The second-order valence-corrected chi connectivity index (χ2v) is 3.74. The lowest BCUT2D eigenvalue weighted by Crippen LogP contribution is -2.19. The molecular weight excluding hydrogens is 205 g/mol. The molecule has 0 radical (unpaired) electrons. The van der Waals surface area contributed by atoms with Crippen molar-refractivity contribution in [2.24, 2.45) is 0 Å². The summed E-state index contributed by atoms with van der Waals surface area (Å²) in [4.78, 5) is 0. The number of anilines is 1. The number of rotatable bonds is 2. The summed E-state index contributed by atoms with van der Waals surface area (Å²) in [6.07, 6.45) is 0.966. The predicted molar refractivity (Wildman–Crippen MR) is 54.3 cm³/mol. The summed E-state index contributed by atoms with van der Waals surface area (Å²) in [6.45, 7) is 1.46. The molecule has 1 unspecified atom stereocenters. The number of benzene rings is 1. The summed E-state index contributed by atoms with van der Waals surface area (Å²) in [5.74, 6) is -0.316. The van der Waals surface area contributed by atoms with Crippen LogP contribution in [0.25, 0.3) is 0 Å². The minimum absolute atomic E-state index is 0.290. The first-order valence-electron chi connectivity index (χ1n) is 4.55. The highest BCUT2D eigenvalue weighted by atomic mass is 35.5. The van der Waals surface area contributed by atoms with Gasteiger partial charge in [-0.15, -0.1) is 0 Å². The highest BCUT2D eigenvalue weighted by Gasteiger charge is 2.16. The molecule has 0 bridgehead atoms. The number of halogens is 2. The quantitative estimate of drug-likeness (QED) is 0.819. The van der Waals surface area contributed by atoms with Crippen LogP contribution in [0.4, 0.5) is 10.1 Å². The normalized spacial score (nSPS) is 21.1. The fraction of sp³-hybridized carbons (Fsp3) is 0.400. The van der Waals surface area contributed by atoms with E-state index in [9.17, 15) is 4.39 Å². The Bertz CT molecular complexity index is 326. The van der Waals surface area contributed by atoms with E-state index in [1.165, 1.54) is 12.1 Å². The van der Waals surface area contributed by atoms with Gasteiger partial charge in [0.25, 0.3) is 0 Å². The van der Waals surface area contributed by atoms with E-state index < -0.39 is 0 Å². The van der Waals surface area contributed by atoms with Crippen LogP contribution in [-0.2, 0) is 4.74 Å². The first-order chi connectivity index (χ1) is 6.75. The van der Waals surface area contributed by atoms with Gasteiger partial charge in [-0.05, 0) is 24.6 Å². The molecule has 2 nitrogen and oxygen atoms in total. The van der Waals surface area contributed by atoms with Crippen LogP contribution in [-0.4, -0.2) is 19.3 Å². The van der Waals surface area contributed by atoms with Crippen LogP contribution < -0.4 is 5.32 Å². The number of ether oxygens (including phenoxy) is 1. The van der Waals surface area contributed by atoms with E-state index in [4.69, 9.17) is 16.3 Å². The van der Waals surface area contributed by atoms with E-state index in [0.29, 0.717) is 11.6 Å². The summed E-state index contributed by atoms with van der Waals surface area (Å²) in [6, 6.07) is 4.64. The fourth-order valence-electron chi connectivity index (χ4n) is 1.47. The van der Waals surface area contributed by atoms with E-state index in [-0.39, 0.29) is 11.9 Å². The predicted octanol–water partition coefficient (Wildman–Crippen LogP) is 2.68. The molecule has 1 aromatic carbocycles. The first-order valence-corrected chi connectivity index (χ1v) is 4.93. The van der Waals surface area contributed by atoms with Gasteiger partial charge in [-0.2, -0.15) is 0 Å². The Kier molecular flexibility index (Phi) is 2.89. The lowest BCUT2D eigenvalue weighted by Gasteiger charge is -2.13. The monoisotopic (exact) mass is 215 g/mol. The zero-order valence-corrected chi connectivity index (χ0v) is 8.35. The van der Waals surface area contributed by atoms with Gasteiger partial charge in [-0.1, -0.05) is 11.6 Å². The smallest absolute Gasteiger partial charge is 0.124 e. The molecule has 0 aromatic heterocycles. The Morgan fingerprint density at radius 3 is 3.00 bits per heavy atom. The number of hydrogen-bond donors (Lipinski definition) is 1. The van der Waals surface area contributed by atoms with Gasteiger partial charge in [0.05, 0.1) is 23.4 Å². The first kappa shape index (κ1) is 9.74. The van der Waals surface area contributed by atoms with Crippen LogP contribution in [0.5, 0.6) is 0 Å². The topological polar surface area (TPSA) is 21.3 Å². The molecule has 1 atom stereocenters. The van der Waals surface area contributed by atoms with Crippen molar-refractivity contribution < 1.29 is 9.13 Å². The van der Waals surface area contributed by atoms with E-state index in [1.807, 2.05) is 0 Å². The maximum Gasteiger partial charge on any atom is 0.124 e. The largest absolute Gasteiger partial charge is 0.379 e. The highest BCUT2D eigenvalue weighted by Crippen LogP contribution is 2.24. The van der Waals surface area contributed by atoms with Gasteiger partial charge >= 0.3 is 0 Å². The van der Waals surface area contributed by atoms with Gasteiger partial charge in [-0.3, -0.25) is 0 Å². The van der Waals surface area contributed by atoms with Crippen LogP contribution in [0.1, 0.15) is 6.42 Å². The lowest BCUT2D eigenvalue weighted by molar-refractivity contribution is 0.195. The molecular formula is C10H11ClFNO. The minimum atomic E-state index is -0.316. The molecule has 2 rings (SSSR count). The molecule has 14 heavy (non-hydrogen) atoms. The summed E-state index contributed by atoms with van der Waals surface area (Å²) >= 11 is 5.86. The maximum absolute atomic E-state index is 12.7. The Hall–Kier alpha value is -0.800. The molecule has 0 aliphatic carbocycles. The molecule has 1 aromatic rings. The summed E-state index contributed by atoms with van der Waals surface area (Å²) in [5.41, 5.74) is 0.767. The zero-order chi connectivity index (χ0) is 9.97. The van der Waals surface area contributed by atoms with Crippen LogP contribution in [0.15, 0.2) is 18.2 Å². The van der Waals surface area contributed by atoms with Gasteiger partial charge in [0.1, 0.15) is 5.82 Å². The molecule has 1 fully saturated rings. The summed E-state index contributed by atoms with van der Waals surface area (Å²) < 4.78 is 17.9. The van der Waals surface area contributed by atoms with Gasteiger partial charge in [-0.25, -0.2) is 4.39 Å². The molecule has 1 saturated heterocycles. The van der Waals surface area contributed by atoms with Crippen LogP contribution in [0.3, 0.4) is 0 Å². The molecule has 0 amide bonds. The van der Waals surface area contributed by atoms with E-state index in [0.717, 1.165) is 18.7 Å². The second-order valence-electron chi connectivity index (χ2n) is 3.33. The number of hydrogen-bond acceptors (Lipinski definition) is 2. The van der Waals surface area contributed by atoms with Crippen LogP contribution in [0.2, 0.25) is 5.02 Å². The molecule has 0 saturated carbocycles.